The van der Waals surface area contributed by atoms with Crippen molar-refractivity contribution < 1.29 is 36.7 Å². The molecule has 0 bridgehead atoms. The van der Waals surface area contributed by atoms with Gasteiger partial charge in [0.25, 0.3) is 5.95 Å². The van der Waals surface area contributed by atoms with Gasteiger partial charge in [0, 0.05) is 24.4 Å². The van der Waals surface area contributed by atoms with Gasteiger partial charge in [-0.3, -0.25) is 9.59 Å². The Labute approximate surface area is 195 Å². The molecule has 182 valence electrons. The van der Waals surface area contributed by atoms with Crippen LogP contribution >= 0.6 is 0 Å². The van der Waals surface area contributed by atoms with Crippen LogP contribution in [0.4, 0.5) is 35.0 Å². The number of halogens is 4. The number of nitrogens with one attached hydrogen (secondary N) is 2. The number of nitrogens with zero attached hydrogens (tertiary/aromatic N) is 3. The van der Waals surface area contributed by atoms with Crippen molar-refractivity contribution in [3.8, 4) is 0 Å². The van der Waals surface area contributed by atoms with Gasteiger partial charge in [0.15, 0.2) is 11.6 Å². The van der Waals surface area contributed by atoms with E-state index in [0.717, 1.165) is 19.3 Å². The Balaban J connectivity index is 1.96. The minimum atomic E-state index is -4.80. The Morgan fingerprint density at radius 1 is 1.23 bits per heavy atom. The van der Waals surface area contributed by atoms with Crippen LogP contribution in [0.15, 0.2) is 53.2 Å². The molecule has 0 spiro atoms. The number of hydrogen-bond donors (Lipinski definition) is 2. The van der Waals surface area contributed by atoms with Gasteiger partial charge in [0.2, 0.25) is 11.7 Å². The predicted molar refractivity (Wildman–Crippen MR) is 116 cm³/mol. The second-order valence-corrected chi connectivity index (χ2v) is 7.00. The summed E-state index contributed by atoms with van der Waals surface area (Å²) in [4.78, 5) is 47.3. The van der Waals surface area contributed by atoms with Crippen LogP contribution in [0.25, 0.3) is 0 Å². The topological polar surface area (TPSA) is 123 Å². The maximum atomic E-state index is 14.3. The number of aromatic nitrogens is 2. The van der Waals surface area contributed by atoms with Gasteiger partial charge in [-0.1, -0.05) is 6.08 Å². The van der Waals surface area contributed by atoms with E-state index in [1.54, 1.807) is 6.08 Å². The number of alkyl halides is 3. The summed E-state index contributed by atoms with van der Waals surface area (Å²) in [6, 6.07) is 2.27. The first-order valence-corrected chi connectivity index (χ1v) is 9.84. The fourth-order valence-corrected chi connectivity index (χ4v) is 2.92. The molecule has 0 saturated carbocycles. The summed E-state index contributed by atoms with van der Waals surface area (Å²) >= 11 is 0. The van der Waals surface area contributed by atoms with E-state index in [2.05, 4.69) is 30.3 Å². The Kier molecular flexibility index (Phi) is 7.37. The Morgan fingerprint density at radius 2 is 1.97 bits per heavy atom. The summed E-state index contributed by atoms with van der Waals surface area (Å²) in [5.41, 5.74) is -1.87. The molecule has 2 N–H and O–H groups in total. The predicted octanol–water partition coefficient (Wildman–Crippen LogP) is 3.44. The highest BCUT2D eigenvalue weighted by atomic mass is 19.4. The lowest BCUT2D eigenvalue weighted by Crippen LogP contribution is -2.22. The fourth-order valence-electron chi connectivity index (χ4n) is 2.92. The number of allylic oxidation sites excluding steroid dienone is 3. The van der Waals surface area contributed by atoms with Crippen molar-refractivity contribution in [2.45, 2.75) is 12.6 Å². The molecule has 0 unspecified atom stereocenters. The molecule has 1 aromatic carbocycles. The summed E-state index contributed by atoms with van der Waals surface area (Å²) in [5, 5.41) is 4.72. The number of likely N-dealkylation sites (N-methyl/N-ethyl adjacent to an activating group) is 1. The van der Waals surface area contributed by atoms with Gasteiger partial charge in [-0.2, -0.15) is 18.2 Å². The number of esters is 1. The molecule has 35 heavy (non-hydrogen) atoms. The number of ketones is 1. The summed E-state index contributed by atoms with van der Waals surface area (Å²) in [6.45, 7) is 0. The van der Waals surface area contributed by atoms with E-state index in [-0.39, 0.29) is 29.3 Å². The Morgan fingerprint density at radius 3 is 2.63 bits per heavy atom. The second kappa shape index (κ2) is 10.2. The van der Waals surface area contributed by atoms with Gasteiger partial charge < -0.3 is 15.4 Å². The van der Waals surface area contributed by atoms with Crippen molar-refractivity contribution >= 4 is 40.8 Å². The molecule has 1 aromatic heterocycles. The van der Waals surface area contributed by atoms with E-state index in [1.165, 1.54) is 13.1 Å². The molecule has 1 amide bonds. The Hall–Kier alpha value is -4.42. The molecule has 0 saturated heterocycles. The Bertz CT molecular complexity index is 1290. The molecule has 0 radical (unpaired) electrons. The molecular weight excluding hydrogens is 474 g/mol. The number of benzene rings is 1. The van der Waals surface area contributed by atoms with Crippen molar-refractivity contribution in [2.75, 3.05) is 19.5 Å². The largest absolute Gasteiger partial charge is 0.465 e. The molecule has 3 rings (SSSR count). The molecule has 0 aliphatic heterocycles. The van der Waals surface area contributed by atoms with Gasteiger partial charge in [-0.05, 0) is 30.7 Å². The summed E-state index contributed by atoms with van der Waals surface area (Å²) in [5.74, 6) is -4.04. The van der Waals surface area contributed by atoms with Crippen molar-refractivity contribution in [3.05, 3.63) is 65.1 Å². The highest BCUT2D eigenvalue weighted by Crippen LogP contribution is 2.33. The lowest BCUT2D eigenvalue weighted by molar-refractivity contribution is -0.137. The summed E-state index contributed by atoms with van der Waals surface area (Å²) in [6.07, 6.45) is 0.178. The van der Waals surface area contributed by atoms with Crippen LogP contribution in [0, 0.1) is 5.82 Å². The quantitative estimate of drug-likeness (QED) is 0.373. The minimum absolute atomic E-state index is 0.129. The average Bonchev–Trinajstić information content (AvgIpc) is 2.82. The van der Waals surface area contributed by atoms with E-state index in [9.17, 15) is 31.9 Å². The van der Waals surface area contributed by atoms with Crippen LogP contribution < -0.4 is 10.6 Å². The number of Topliss-reactive ketones (excluding diaryl/α,β-unsaturated/α-hetero) is 1. The molecule has 2 aromatic rings. The van der Waals surface area contributed by atoms with Crippen molar-refractivity contribution in [1.82, 2.24) is 15.3 Å². The SMILES string of the molecule is CNC(=O)C=C1CC=CC(=Nc2ncc(F)c(Nc3cc(C(=O)OC)cc(C(F)(F)F)c3)n2)C1=O. The number of anilines is 2. The van der Waals surface area contributed by atoms with E-state index < -0.39 is 46.6 Å². The molecule has 1 aliphatic carbocycles. The number of hydrogen-bond acceptors (Lipinski definition) is 8. The lowest BCUT2D eigenvalue weighted by Gasteiger charge is -2.13. The first kappa shape index (κ1) is 25.2. The molecule has 13 heteroatoms. The third-order valence-electron chi connectivity index (χ3n) is 4.59. The normalized spacial score (nSPS) is 15.9. The van der Waals surface area contributed by atoms with Crippen LogP contribution in [0.2, 0.25) is 0 Å². The number of rotatable bonds is 5. The standard InChI is InChI=1S/C22H17F4N5O4/c1-27-17(32)8-11-4-3-5-16(18(11)33)30-21-28-10-15(23)19(31-21)29-14-7-12(20(34)35-2)6-13(9-14)22(24,25)26/h3,5-10H,4H2,1-2H3,(H,27,32)(H,28,29,31). The zero-order valence-electron chi connectivity index (χ0n) is 18.2. The monoisotopic (exact) mass is 491 g/mol. The molecule has 1 heterocycles. The van der Waals surface area contributed by atoms with Crippen molar-refractivity contribution in [2.24, 2.45) is 4.99 Å². The van der Waals surface area contributed by atoms with Gasteiger partial charge in [-0.15, -0.1) is 0 Å². The maximum Gasteiger partial charge on any atom is 0.416 e. The first-order valence-electron chi connectivity index (χ1n) is 9.84. The molecule has 9 nitrogen and oxygen atoms in total. The highest BCUT2D eigenvalue weighted by Gasteiger charge is 2.32. The first-order chi connectivity index (χ1) is 16.5. The smallest absolute Gasteiger partial charge is 0.416 e. The molecule has 0 fully saturated rings. The van der Waals surface area contributed by atoms with E-state index in [0.29, 0.717) is 18.3 Å². The number of methoxy groups -OCH3 is 1. The van der Waals surface area contributed by atoms with Crippen LogP contribution in [-0.4, -0.2) is 47.5 Å². The van der Waals surface area contributed by atoms with Crippen LogP contribution in [0.3, 0.4) is 0 Å². The van der Waals surface area contributed by atoms with E-state index >= 15 is 0 Å². The van der Waals surface area contributed by atoms with Gasteiger partial charge >= 0.3 is 12.1 Å². The number of aliphatic imine (C=N–C) groups is 1. The zero-order chi connectivity index (χ0) is 25.8. The maximum absolute atomic E-state index is 14.3. The van der Waals surface area contributed by atoms with Crippen LogP contribution in [0.1, 0.15) is 22.3 Å². The lowest BCUT2D eigenvalue weighted by atomic mass is 9.97. The number of carbonyl (C=O) groups excluding carboxylic acids is 3. The van der Waals surface area contributed by atoms with Crippen LogP contribution in [-0.2, 0) is 20.5 Å². The fraction of sp³-hybridized carbons (Fsp3) is 0.182. The minimum Gasteiger partial charge on any atom is -0.465 e. The number of carbonyl (C=O) groups is 3. The summed E-state index contributed by atoms with van der Waals surface area (Å²) < 4.78 is 58.6. The molecule has 1 aliphatic rings. The summed E-state index contributed by atoms with van der Waals surface area (Å²) in [7, 11) is 2.40. The van der Waals surface area contributed by atoms with E-state index in [1.807, 2.05) is 0 Å². The number of amides is 1. The third kappa shape index (κ3) is 6.13. The molecular formula is C22H17F4N5O4. The van der Waals surface area contributed by atoms with Gasteiger partial charge in [0.05, 0.1) is 24.4 Å². The second-order valence-electron chi connectivity index (χ2n) is 7.00. The van der Waals surface area contributed by atoms with E-state index in [4.69, 9.17) is 0 Å². The highest BCUT2D eigenvalue weighted by molar-refractivity contribution is 6.51. The van der Waals surface area contributed by atoms with Crippen LogP contribution in [0.5, 0.6) is 0 Å². The van der Waals surface area contributed by atoms with Crippen molar-refractivity contribution in [3.63, 3.8) is 0 Å². The average molecular weight is 491 g/mol. The third-order valence-corrected chi connectivity index (χ3v) is 4.59. The van der Waals surface area contributed by atoms with Crippen molar-refractivity contribution in [1.29, 1.82) is 0 Å². The van der Waals surface area contributed by atoms with Gasteiger partial charge in [-0.25, -0.2) is 19.2 Å². The molecule has 0 atom stereocenters. The van der Waals surface area contributed by atoms with Gasteiger partial charge in [0.1, 0.15) is 5.71 Å². The zero-order valence-corrected chi connectivity index (χ0v) is 18.2. The number of ether oxygens (including phenoxy) is 1.